The van der Waals surface area contributed by atoms with Crippen LogP contribution in [0.15, 0.2) is 135 Å². The molecule has 0 radical (unpaired) electrons. The highest BCUT2D eigenvalue weighted by molar-refractivity contribution is 7.11. The molecular weight excluding hydrogens is 1180 g/mol. The Kier molecular flexibility index (Phi) is 38.6. The average molecular weight is 1280 g/mol. The normalized spacial score (nSPS) is 11.2. The van der Waals surface area contributed by atoms with Crippen LogP contribution < -0.4 is 0 Å². The highest BCUT2D eigenvalue weighted by Gasteiger charge is 2.13. The number of thiazole rings is 3. The minimum absolute atomic E-state index is 0.542. The van der Waals surface area contributed by atoms with Gasteiger partial charge in [-0.25, -0.2) is 24.9 Å². The number of hydrogen-bond donors (Lipinski definition) is 1. The van der Waals surface area contributed by atoms with E-state index in [-0.39, 0.29) is 0 Å². The summed E-state index contributed by atoms with van der Waals surface area (Å²) in [5.74, 6) is 2.71. The van der Waals surface area contributed by atoms with Crippen LogP contribution in [0.3, 0.4) is 0 Å². The van der Waals surface area contributed by atoms with Gasteiger partial charge in [0.15, 0.2) is 5.82 Å². The van der Waals surface area contributed by atoms with E-state index in [1.54, 1.807) is 96.1 Å². The van der Waals surface area contributed by atoms with Crippen LogP contribution in [0.4, 0.5) is 0 Å². The Morgan fingerprint density at radius 3 is 1.43 bits per heavy atom. The molecule has 0 spiro atoms. The quantitative estimate of drug-likeness (QED) is 0.171. The van der Waals surface area contributed by atoms with Gasteiger partial charge >= 0.3 is 0 Å². The third-order valence-electron chi connectivity index (χ3n) is 12.0. The van der Waals surface area contributed by atoms with Gasteiger partial charge in [-0.05, 0) is 192 Å². The van der Waals surface area contributed by atoms with Gasteiger partial charge in [0.1, 0.15) is 24.3 Å². The lowest BCUT2D eigenvalue weighted by atomic mass is 10.1. The van der Waals surface area contributed by atoms with Crippen molar-refractivity contribution in [3.8, 4) is 0 Å². The third kappa shape index (κ3) is 39.7. The summed E-state index contributed by atoms with van der Waals surface area (Å²) in [5, 5.41) is 35.7. The molecule has 1 N–H and O–H groups in total. The van der Waals surface area contributed by atoms with Crippen molar-refractivity contribution in [2.24, 2.45) is 43.2 Å². The molecule has 0 aliphatic carbocycles. The molecule has 23 heteroatoms. The highest BCUT2D eigenvalue weighted by Crippen LogP contribution is 2.13. The number of aliphatic hydroxyl groups is 1. The van der Waals surface area contributed by atoms with E-state index in [2.05, 4.69) is 160 Å². The minimum Gasteiger partial charge on any atom is -0.389 e. The van der Waals surface area contributed by atoms with Gasteiger partial charge in [0.05, 0.1) is 53.5 Å². The van der Waals surface area contributed by atoms with Gasteiger partial charge in [-0.2, -0.15) is 15.0 Å². The maximum Gasteiger partial charge on any atom is 0.171 e. The lowest BCUT2D eigenvalue weighted by Crippen LogP contribution is -2.26. The van der Waals surface area contributed by atoms with E-state index in [9.17, 15) is 5.11 Å². The summed E-state index contributed by atoms with van der Waals surface area (Å²) < 4.78 is 7.52. The van der Waals surface area contributed by atoms with Crippen molar-refractivity contribution in [2.45, 2.75) is 158 Å². The number of nitrogens with zero attached hydrogens (tertiary/aromatic N) is 19. The monoisotopic (exact) mass is 1280 g/mol. The van der Waals surface area contributed by atoms with Crippen LogP contribution in [0.25, 0.3) is 0 Å². The molecule has 0 amide bonds. The van der Waals surface area contributed by atoms with Gasteiger partial charge in [-0.15, -0.1) is 44.2 Å². The van der Waals surface area contributed by atoms with Crippen LogP contribution in [0, 0.1) is 104 Å². The standard InChI is InChI=1S/C9H12.C8H14N2O.C7H11N.C7H9N.C6H9N.C5H8N2.2C5H7NS.C4H7N3.C4H6N2.C4H5NS.C3H6N4/c1-7-4-8(2)6-9(3)5-7;1-7-4-9-10(5-7)6-8(2,3)11;1-5-4-8-7(3)6(5)2;1-6-4-3-5-7(2)8-6;1-6-4-3-5-7(6)2;1-5-6-3-4-7(5)2;1-4-3-7-5(2)6-4;1-4-3-6-5(2)7-4;1-4-5-3-6-7(4)2;1-4-2-5-3-6-4;1-4-5-2-3-6-4;1-3-4-6-7(2)5-3/h4-6H,1-3H3;4-5,11H,6H2,1-3H3;4H2,1-3H3;3-5H,1-2H3;3-5H,1-2H3;3-4H,1-2H3;3*3H,1-2H3;3H,2H2,1H3;2-3H,1H3;1-2H3. The Morgan fingerprint density at radius 1 is 0.600 bits per heavy atom. The molecule has 1 aromatic carbocycles. The largest absolute Gasteiger partial charge is 0.389 e. The zero-order valence-electron chi connectivity index (χ0n) is 58.3. The molecule has 0 saturated carbocycles. The first kappa shape index (κ1) is 79.9. The van der Waals surface area contributed by atoms with Crippen LogP contribution in [0.1, 0.15) is 124 Å². The van der Waals surface area contributed by atoms with E-state index in [0.717, 1.165) is 68.1 Å². The molecule has 0 bridgehead atoms. The molecule has 0 fully saturated rings. The minimum atomic E-state index is -0.682. The fraction of sp³-hybridized carbons (Fsp3) is 0.433. The number of imidazole rings is 1. The molecule has 11 heterocycles. The first-order valence-electron chi connectivity index (χ1n) is 29.3. The van der Waals surface area contributed by atoms with E-state index >= 15 is 0 Å². The molecule has 0 atom stereocenters. The summed E-state index contributed by atoms with van der Waals surface area (Å²) in [6.45, 7) is 44.3. The zero-order chi connectivity index (χ0) is 67.9. The summed E-state index contributed by atoms with van der Waals surface area (Å²) >= 11 is 5.09. The Balaban J connectivity index is 0.000000492. The Labute approximate surface area is 548 Å². The smallest absolute Gasteiger partial charge is 0.171 e. The first-order chi connectivity index (χ1) is 42.2. The molecule has 0 saturated heterocycles. The predicted octanol–water partition coefficient (Wildman–Crippen LogP) is 14.2. The predicted molar refractivity (Wildman–Crippen MR) is 378 cm³/mol. The molecule has 20 nitrogen and oxygen atoms in total. The van der Waals surface area contributed by atoms with E-state index in [4.69, 9.17) is 0 Å². The van der Waals surface area contributed by atoms with Crippen LogP contribution in [-0.4, -0.2) is 120 Å². The van der Waals surface area contributed by atoms with Gasteiger partial charge in [0.25, 0.3) is 0 Å². The zero-order valence-corrected chi connectivity index (χ0v) is 60.7. The number of tetrazole rings is 1. The first-order valence-corrected chi connectivity index (χ1v) is 31.8. The Bertz CT molecular complexity index is 3300. The maximum absolute atomic E-state index is 9.42. The molecule has 10 aromatic rings. The summed E-state index contributed by atoms with van der Waals surface area (Å²) in [4.78, 5) is 38.8. The van der Waals surface area contributed by atoms with Crippen molar-refractivity contribution in [2.75, 3.05) is 13.1 Å². The molecular formula is C67H101N19OS3. The van der Waals surface area contributed by atoms with Gasteiger partial charge < -0.3 is 14.2 Å². The van der Waals surface area contributed by atoms with Gasteiger partial charge in [0, 0.05) is 108 Å². The topological polar surface area (TPSA) is 224 Å². The number of aryl methyl sites for hydroxylation is 19. The second-order valence-corrected chi connectivity index (χ2v) is 25.5. The lowest BCUT2D eigenvalue weighted by molar-refractivity contribution is 0.0577. The fourth-order valence-corrected chi connectivity index (χ4v) is 8.63. The molecule has 12 rings (SSSR count). The van der Waals surface area contributed by atoms with Gasteiger partial charge in [0.2, 0.25) is 0 Å². The summed E-state index contributed by atoms with van der Waals surface area (Å²) in [6, 6.07) is 16.7. The van der Waals surface area contributed by atoms with Crippen molar-refractivity contribution >= 4 is 51.8 Å². The van der Waals surface area contributed by atoms with Crippen LogP contribution >= 0.6 is 34.0 Å². The summed E-state index contributed by atoms with van der Waals surface area (Å²) in [7, 11) is 7.61. The van der Waals surface area contributed by atoms with Crippen molar-refractivity contribution in [3.63, 3.8) is 0 Å². The number of pyridine rings is 1. The number of aliphatic imine (C=N–C) groups is 3. The number of rotatable bonds is 2. The van der Waals surface area contributed by atoms with E-state index in [1.165, 1.54) is 55.2 Å². The summed E-state index contributed by atoms with van der Waals surface area (Å²) in [6.07, 6.45) is 16.3. The van der Waals surface area contributed by atoms with Gasteiger partial charge in [-0.3, -0.25) is 29.3 Å². The molecule has 2 aliphatic heterocycles. The third-order valence-corrected chi connectivity index (χ3v) is 14.4. The fourth-order valence-electron chi connectivity index (χ4n) is 6.92. The SMILES string of the molecule is CC1=NC=NC1.CC1=NCC(C)=C1C.Cc1cc(C)cc(C)c1.Cc1cccc(C)n1.Cc1cccn1C.Cc1cnc(C)s1.Cc1cnn(CC(C)(C)O)c1.Cc1csc(C)n1.Cc1nccn1C.Cc1nccs1.Cc1ncnn1C.Cc1nnn(C)n1. The number of benzene rings is 1. The number of hydrogen-bond acceptors (Lipinski definition) is 18. The van der Waals surface area contributed by atoms with Crippen LogP contribution in [0.2, 0.25) is 0 Å². The Hall–Kier alpha value is -8.12. The van der Waals surface area contributed by atoms with Crippen LogP contribution in [-0.2, 0) is 34.7 Å². The second kappa shape index (κ2) is 43.5. The molecule has 90 heavy (non-hydrogen) atoms. The van der Waals surface area contributed by atoms with Crippen molar-refractivity contribution in [3.05, 3.63) is 203 Å². The van der Waals surface area contributed by atoms with Crippen LogP contribution in [0.5, 0.6) is 0 Å². The molecule has 2 aliphatic rings. The molecule has 0 unspecified atom stereocenters. The molecule has 488 valence electrons. The summed E-state index contributed by atoms with van der Waals surface area (Å²) in [5.41, 5.74) is 14.2. The van der Waals surface area contributed by atoms with Crippen molar-refractivity contribution in [1.82, 2.24) is 78.8 Å². The van der Waals surface area contributed by atoms with Crippen molar-refractivity contribution in [1.29, 1.82) is 0 Å². The number of aromatic nitrogens is 16. The average Bonchev–Trinajstić information content (AvgIpc) is 4.56. The number of allylic oxidation sites excluding steroid dienone is 1. The van der Waals surface area contributed by atoms with Crippen molar-refractivity contribution < 1.29 is 5.11 Å². The molecule has 9 aromatic heterocycles. The highest BCUT2D eigenvalue weighted by atomic mass is 32.1. The second-order valence-electron chi connectivity index (χ2n) is 21.9. The maximum atomic E-state index is 9.42. The van der Waals surface area contributed by atoms with E-state index < -0.39 is 5.60 Å². The Morgan fingerprint density at radius 2 is 1.24 bits per heavy atom. The van der Waals surface area contributed by atoms with E-state index in [0.29, 0.717) is 12.4 Å². The lowest BCUT2D eigenvalue weighted by Gasteiger charge is -2.16. The van der Waals surface area contributed by atoms with Gasteiger partial charge in [-0.1, -0.05) is 41.0 Å². The van der Waals surface area contributed by atoms with E-state index in [1.807, 2.05) is 149 Å².